The number of methoxy groups -OCH3 is 1. The Morgan fingerprint density at radius 2 is 2.00 bits per heavy atom. The van der Waals surface area contributed by atoms with Gasteiger partial charge in [-0.15, -0.1) is 0 Å². The summed E-state index contributed by atoms with van der Waals surface area (Å²) in [6.45, 7) is 4.40. The van der Waals surface area contributed by atoms with Gasteiger partial charge in [0, 0.05) is 6.04 Å². The van der Waals surface area contributed by atoms with E-state index in [1.807, 2.05) is 31.2 Å². The molecule has 6 nitrogen and oxygen atoms in total. The minimum absolute atomic E-state index is 0.0339. The summed E-state index contributed by atoms with van der Waals surface area (Å²) in [6.07, 6.45) is 2.10. The molecule has 2 aromatic rings. The van der Waals surface area contributed by atoms with Crippen molar-refractivity contribution in [3.63, 3.8) is 0 Å². The van der Waals surface area contributed by atoms with Crippen LogP contribution in [0.3, 0.4) is 0 Å². The molecule has 1 amide bonds. The predicted octanol–water partition coefficient (Wildman–Crippen LogP) is 3.55. The van der Waals surface area contributed by atoms with Gasteiger partial charge in [-0.2, -0.15) is 0 Å². The zero-order chi connectivity index (χ0) is 19.5. The first-order valence-electron chi connectivity index (χ1n) is 9.72. The lowest BCUT2D eigenvalue weighted by Crippen LogP contribution is -2.33. The Morgan fingerprint density at radius 1 is 1.18 bits per heavy atom. The van der Waals surface area contributed by atoms with Crippen LogP contribution in [0.25, 0.3) is 0 Å². The number of nitrogens with one attached hydrogen (secondary N) is 1. The number of aryl methyl sites for hydroxylation is 1. The average Bonchev–Trinajstić information content (AvgIpc) is 3.15. The number of nitrogens with zero attached hydrogens (tertiary/aromatic N) is 1. The van der Waals surface area contributed by atoms with Gasteiger partial charge in [0.2, 0.25) is 5.91 Å². The number of carbonyl (C=O) groups is 1. The number of amides is 1. The Balaban J connectivity index is 1.45. The normalized spacial score (nSPS) is 18.7. The fourth-order valence-electron chi connectivity index (χ4n) is 3.95. The molecule has 0 saturated carbocycles. The number of anilines is 1. The summed E-state index contributed by atoms with van der Waals surface area (Å²) in [5, 5.41) is 3.00. The van der Waals surface area contributed by atoms with E-state index < -0.39 is 0 Å². The van der Waals surface area contributed by atoms with Crippen molar-refractivity contribution < 1.29 is 19.0 Å². The van der Waals surface area contributed by atoms with Crippen molar-refractivity contribution in [1.82, 2.24) is 4.90 Å². The Bertz CT molecular complexity index is 868. The maximum Gasteiger partial charge on any atom is 0.238 e. The molecule has 0 spiro atoms. The van der Waals surface area contributed by atoms with Crippen LogP contribution in [-0.2, 0) is 4.79 Å². The van der Waals surface area contributed by atoms with Gasteiger partial charge in [0.1, 0.15) is 19.0 Å². The van der Waals surface area contributed by atoms with Crippen molar-refractivity contribution in [3.8, 4) is 17.2 Å². The second-order valence-corrected chi connectivity index (χ2v) is 7.28. The fourth-order valence-corrected chi connectivity index (χ4v) is 3.95. The number of benzene rings is 2. The highest BCUT2D eigenvalue weighted by atomic mass is 16.6. The first-order valence-corrected chi connectivity index (χ1v) is 9.72. The molecule has 1 N–H and O–H groups in total. The highest BCUT2D eigenvalue weighted by Gasteiger charge is 2.29. The summed E-state index contributed by atoms with van der Waals surface area (Å²) >= 11 is 0. The lowest BCUT2D eigenvalue weighted by atomic mass is 10.0. The predicted molar refractivity (Wildman–Crippen MR) is 107 cm³/mol. The highest BCUT2D eigenvalue weighted by Crippen LogP contribution is 2.38. The molecule has 2 aliphatic heterocycles. The minimum Gasteiger partial charge on any atom is -0.495 e. The van der Waals surface area contributed by atoms with E-state index in [1.165, 1.54) is 5.56 Å². The number of carbonyl (C=O) groups excluding carboxylic acids is 1. The van der Waals surface area contributed by atoms with Crippen molar-refractivity contribution >= 4 is 11.6 Å². The van der Waals surface area contributed by atoms with Gasteiger partial charge in [0.05, 0.1) is 19.3 Å². The molecule has 1 saturated heterocycles. The van der Waals surface area contributed by atoms with Crippen LogP contribution in [0.5, 0.6) is 17.2 Å². The third-order valence-corrected chi connectivity index (χ3v) is 5.29. The van der Waals surface area contributed by atoms with Gasteiger partial charge < -0.3 is 19.5 Å². The number of hydrogen-bond acceptors (Lipinski definition) is 5. The molecule has 2 aromatic carbocycles. The molecule has 0 unspecified atom stereocenters. The number of rotatable bonds is 5. The molecule has 0 radical (unpaired) electrons. The molecule has 1 fully saturated rings. The summed E-state index contributed by atoms with van der Waals surface area (Å²) in [7, 11) is 1.61. The first-order chi connectivity index (χ1) is 13.6. The molecule has 148 valence electrons. The van der Waals surface area contributed by atoms with Crippen LogP contribution < -0.4 is 19.5 Å². The van der Waals surface area contributed by atoms with Gasteiger partial charge in [-0.05, 0) is 61.7 Å². The quantitative estimate of drug-likeness (QED) is 0.857. The molecular weight excluding hydrogens is 356 g/mol. The van der Waals surface area contributed by atoms with E-state index in [-0.39, 0.29) is 11.9 Å². The van der Waals surface area contributed by atoms with E-state index in [2.05, 4.69) is 22.3 Å². The van der Waals surface area contributed by atoms with E-state index in [0.717, 1.165) is 36.4 Å². The van der Waals surface area contributed by atoms with Gasteiger partial charge in [-0.3, -0.25) is 9.69 Å². The summed E-state index contributed by atoms with van der Waals surface area (Å²) in [5.41, 5.74) is 2.96. The Morgan fingerprint density at radius 3 is 2.82 bits per heavy atom. The van der Waals surface area contributed by atoms with E-state index in [1.54, 1.807) is 7.11 Å². The molecular formula is C22H26N2O4. The molecule has 2 heterocycles. The standard InChI is InChI=1S/C22H26N2O4/c1-15-5-7-19(26-2)17(12-15)23-22(25)14-24-9-3-4-18(24)16-6-8-20-21(13-16)28-11-10-27-20/h5-8,12-13,18H,3-4,9-11,14H2,1-2H3,(H,23,25)/t18-/m0/s1. The zero-order valence-electron chi connectivity index (χ0n) is 16.4. The zero-order valence-corrected chi connectivity index (χ0v) is 16.4. The Hall–Kier alpha value is -2.73. The average molecular weight is 382 g/mol. The van der Waals surface area contributed by atoms with Gasteiger partial charge in [0.15, 0.2) is 11.5 Å². The number of hydrogen-bond donors (Lipinski definition) is 1. The van der Waals surface area contributed by atoms with Crippen molar-refractivity contribution in [2.45, 2.75) is 25.8 Å². The highest BCUT2D eigenvalue weighted by molar-refractivity contribution is 5.93. The Kier molecular flexibility index (Phi) is 5.39. The maximum absolute atomic E-state index is 12.7. The van der Waals surface area contributed by atoms with Crippen LogP contribution in [0.15, 0.2) is 36.4 Å². The van der Waals surface area contributed by atoms with Crippen molar-refractivity contribution in [1.29, 1.82) is 0 Å². The van der Waals surface area contributed by atoms with E-state index in [0.29, 0.717) is 31.2 Å². The molecule has 1 atom stereocenters. The molecule has 2 aliphatic rings. The van der Waals surface area contributed by atoms with Crippen LogP contribution in [0.2, 0.25) is 0 Å². The number of likely N-dealkylation sites (tertiary alicyclic amines) is 1. The summed E-state index contributed by atoms with van der Waals surface area (Å²) in [4.78, 5) is 14.9. The van der Waals surface area contributed by atoms with E-state index in [4.69, 9.17) is 14.2 Å². The summed E-state index contributed by atoms with van der Waals surface area (Å²) in [6, 6.07) is 12.1. The SMILES string of the molecule is COc1ccc(C)cc1NC(=O)CN1CCC[C@H]1c1ccc2c(c1)OCCO2. The Labute approximate surface area is 165 Å². The van der Waals surface area contributed by atoms with Crippen molar-refractivity contribution in [3.05, 3.63) is 47.5 Å². The molecule has 28 heavy (non-hydrogen) atoms. The maximum atomic E-state index is 12.7. The first kappa shape index (κ1) is 18.6. The fraction of sp³-hybridized carbons (Fsp3) is 0.409. The second-order valence-electron chi connectivity index (χ2n) is 7.28. The second kappa shape index (κ2) is 8.10. The van der Waals surface area contributed by atoms with Crippen molar-refractivity contribution in [2.75, 3.05) is 38.7 Å². The van der Waals surface area contributed by atoms with Crippen LogP contribution in [0.4, 0.5) is 5.69 Å². The number of ether oxygens (including phenoxy) is 3. The lowest BCUT2D eigenvalue weighted by Gasteiger charge is -2.26. The minimum atomic E-state index is -0.0339. The van der Waals surface area contributed by atoms with Gasteiger partial charge in [-0.25, -0.2) is 0 Å². The van der Waals surface area contributed by atoms with Crippen LogP contribution in [0.1, 0.15) is 30.0 Å². The van der Waals surface area contributed by atoms with Crippen LogP contribution in [0, 0.1) is 6.92 Å². The van der Waals surface area contributed by atoms with Crippen LogP contribution >= 0.6 is 0 Å². The molecule has 6 heteroatoms. The number of fused-ring (bicyclic) bond motifs is 1. The van der Waals surface area contributed by atoms with Crippen LogP contribution in [-0.4, -0.2) is 44.2 Å². The van der Waals surface area contributed by atoms with Crippen molar-refractivity contribution in [2.24, 2.45) is 0 Å². The molecule has 0 aromatic heterocycles. The van der Waals surface area contributed by atoms with Gasteiger partial charge in [0.25, 0.3) is 0 Å². The van der Waals surface area contributed by atoms with E-state index >= 15 is 0 Å². The summed E-state index contributed by atoms with van der Waals surface area (Å²) in [5.74, 6) is 2.23. The van der Waals surface area contributed by atoms with Gasteiger partial charge in [-0.1, -0.05) is 12.1 Å². The van der Waals surface area contributed by atoms with E-state index in [9.17, 15) is 4.79 Å². The van der Waals surface area contributed by atoms with Gasteiger partial charge >= 0.3 is 0 Å². The lowest BCUT2D eigenvalue weighted by molar-refractivity contribution is -0.117. The third kappa shape index (κ3) is 3.92. The largest absolute Gasteiger partial charge is 0.495 e. The topological polar surface area (TPSA) is 60.0 Å². The monoisotopic (exact) mass is 382 g/mol. The third-order valence-electron chi connectivity index (χ3n) is 5.29. The molecule has 0 aliphatic carbocycles. The molecule has 4 rings (SSSR count). The summed E-state index contributed by atoms with van der Waals surface area (Å²) < 4.78 is 16.7. The molecule has 0 bridgehead atoms. The smallest absolute Gasteiger partial charge is 0.238 e.